The quantitative estimate of drug-likeness (QED) is 0.442. The minimum atomic E-state index is -2.76. The second-order valence-corrected chi connectivity index (χ2v) is 8.23. The number of benzene rings is 2. The molecule has 2 heterocycles. The lowest BCUT2D eigenvalue weighted by Crippen LogP contribution is -2.26. The highest BCUT2D eigenvalue weighted by Crippen LogP contribution is 2.34. The van der Waals surface area contributed by atoms with Crippen molar-refractivity contribution in [3.8, 4) is 0 Å². The minimum absolute atomic E-state index is 0.0207. The van der Waals surface area contributed by atoms with E-state index >= 15 is 0 Å². The number of rotatable bonds is 4. The van der Waals surface area contributed by atoms with E-state index in [0.717, 1.165) is 11.0 Å². The van der Waals surface area contributed by atoms with Gasteiger partial charge in [0.05, 0.1) is 23.0 Å². The van der Waals surface area contributed by atoms with Crippen molar-refractivity contribution in [3.63, 3.8) is 0 Å². The molecule has 0 spiro atoms. The van der Waals surface area contributed by atoms with Gasteiger partial charge < -0.3 is 10.0 Å². The third-order valence-corrected chi connectivity index (χ3v) is 4.13. The summed E-state index contributed by atoms with van der Waals surface area (Å²) in [5, 5.41) is 16.1. The summed E-state index contributed by atoms with van der Waals surface area (Å²) in [5.74, 6) is -1.18. The summed E-state index contributed by atoms with van der Waals surface area (Å²) in [6.45, 7) is 6.08. The van der Waals surface area contributed by atoms with Crippen LogP contribution in [-0.2, 0) is 0 Å². The summed E-state index contributed by atoms with van der Waals surface area (Å²) >= 11 is 0. The van der Waals surface area contributed by atoms with Gasteiger partial charge in [-0.05, 0) is 63.6 Å². The second kappa shape index (κ2) is 9.07. The van der Waals surface area contributed by atoms with E-state index in [1.807, 2.05) is 0 Å². The van der Waals surface area contributed by atoms with E-state index in [1.165, 1.54) is 35.0 Å². The number of aryl methyl sites for hydroxylation is 1. The third kappa shape index (κ3) is 5.50. The Hall–Kier alpha value is -3.27. The Morgan fingerprint density at radius 1 is 1.12 bits per heavy atom. The SMILES string of the molecule is CC(C)(C)O.Cc1cc(F)cc(N(CC(F)F)c2nc3nncn3c3cccc(F)c23)c1. The Morgan fingerprint density at radius 3 is 2.44 bits per heavy atom. The van der Waals surface area contributed by atoms with Crippen molar-refractivity contribution in [2.75, 3.05) is 11.4 Å². The van der Waals surface area contributed by atoms with Crippen LogP contribution in [0.25, 0.3) is 16.7 Å². The van der Waals surface area contributed by atoms with E-state index in [2.05, 4.69) is 15.2 Å². The van der Waals surface area contributed by atoms with Crippen LogP contribution in [0.3, 0.4) is 0 Å². The van der Waals surface area contributed by atoms with Crippen molar-refractivity contribution < 1.29 is 22.7 Å². The summed E-state index contributed by atoms with van der Waals surface area (Å²) in [7, 11) is 0. The Labute approximate surface area is 182 Å². The van der Waals surface area contributed by atoms with Crippen molar-refractivity contribution in [1.29, 1.82) is 0 Å². The topological polar surface area (TPSA) is 66.5 Å². The number of aromatic nitrogens is 4. The highest BCUT2D eigenvalue weighted by Gasteiger charge is 2.23. The Kier molecular flexibility index (Phi) is 6.63. The van der Waals surface area contributed by atoms with E-state index in [9.17, 15) is 17.6 Å². The number of aliphatic hydroxyl groups is 1. The molecule has 2 aromatic carbocycles. The fraction of sp³-hybridized carbons (Fsp3) is 0.318. The molecule has 170 valence electrons. The standard InChI is InChI=1S/C18H13F4N5.C4H10O/c1-10-5-11(19)7-12(6-10)26(8-15(21)22)17-16-13(20)3-2-4-14(16)27-9-23-25-18(27)24-17;1-4(2,3)5/h2-7,9,15H,8H2,1H3;5H,1-3H3. The largest absolute Gasteiger partial charge is 0.391 e. The number of halogens is 4. The fourth-order valence-electron chi connectivity index (χ4n) is 3.08. The number of fused-ring (bicyclic) bond motifs is 3. The van der Waals surface area contributed by atoms with Gasteiger partial charge in [0.2, 0.25) is 0 Å². The number of nitrogens with zero attached hydrogens (tertiary/aromatic N) is 5. The molecule has 6 nitrogen and oxygen atoms in total. The molecule has 2 aromatic heterocycles. The molecule has 10 heteroatoms. The van der Waals surface area contributed by atoms with Gasteiger partial charge in [0.15, 0.2) is 0 Å². The molecule has 0 fully saturated rings. The first-order valence-electron chi connectivity index (χ1n) is 9.77. The average molecular weight is 449 g/mol. The van der Waals surface area contributed by atoms with Crippen LogP contribution in [0.15, 0.2) is 42.7 Å². The van der Waals surface area contributed by atoms with Crippen molar-refractivity contribution in [3.05, 3.63) is 59.9 Å². The fourth-order valence-corrected chi connectivity index (χ4v) is 3.08. The molecule has 0 saturated heterocycles. The first-order valence-corrected chi connectivity index (χ1v) is 9.77. The van der Waals surface area contributed by atoms with Gasteiger partial charge in [-0.3, -0.25) is 4.40 Å². The summed E-state index contributed by atoms with van der Waals surface area (Å²) in [6.07, 6.45) is -1.40. The molecular weight excluding hydrogens is 426 g/mol. The van der Waals surface area contributed by atoms with Crippen LogP contribution >= 0.6 is 0 Å². The van der Waals surface area contributed by atoms with Crippen molar-refractivity contribution in [1.82, 2.24) is 19.6 Å². The van der Waals surface area contributed by atoms with Gasteiger partial charge in [-0.2, -0.15) is 4.98 Å². The molecule has 32 heavy (non-hydrogen) atoms. The maximum atomic E-state index is 14.7. The van der Waals surface area contributed by atoms with Crippen molar-refractivity contribution >= 4 is 28.2 Å². The van der Waals surface area contributed by atoms with Gasteiger partial charge in [0, 0.05) is 5.69 Å². The molecular formula is C22H23F4N5O. The molecule has 0 bridgehead atoms. The van der Waals surface area contributed by atoms with Crippen LogP contribution in [0.2, 0.25) is 0 Å². The van der Waals surface area contributed by atoms with E-state index < -0.39 is 30.2 Å². The molecule has 0 amide bonds. The first-order chi connectivity index (χ1) is 14.9. The molecule has 0 aliphatic rings. The zero-order valence-corrected chi connectivity index (χ0v) is 18.0. The number of alkyl halides is 2. The van der Waals surface area contributed by atoms with Crippen LogP contribution in [0, 0.1) is 18.6 Å². The lowest BCUT2D eigenvalue weighted by Gasteiger charge is -2.25. The van der Waals surface area contributed by atoms with Crippen LogP contribution in [0.5, 0.6) is 0 Å². The lowest BCUT2D eigenvalue weighted by atomic mass is 10.1. The van der Waals surface area contributed by atoms with Gasteiger partial charge in [-0.1, -0.05) is 6.07 Å². The molecule has 4 aromatic rings. The van der Waals surface area contributed by atoms with E-state index in [0.29, 0.717) is 11.1 Å². The van der Waals surface area contributed by atoms with Crippen LogP contribution in [-0.4, -0.2) is 43.3 Å². The van der Waals surface area contributed by atoms with E-state index in [1.54, 1.807) is 33.8 Å². The molecule has 4 rings (SSSR count). The summed E-state index contributed by atoms with van der Waals surface area (Å²) < 4.78 is 56.7. The third-order valence-electron chi connectivity index (χ3n) is 4.13. The van der Waals surface area contributed by atoms with Gasteiger partial charge in [-0.25, -0.2) is 17.6 Å². The van der Waals surface area contributed by atoms with Crippen molar-refractivity contribution in [2.24, 2.45) is 0 Å². The summed E-state index contributed by atoms with van der Waals surface area (Å²) in [4.78, 5) is 5.33. The van der Waals surface area contributed by atoms with E-state index in [-0.39, 0.29) is 22.7 Å². The number of hydrogen-bond donors (Lipinski definition) is 1. The highest BCUT2D eigenvalue weighted by molar-refractivity contribution is 5.94. The van der Waals surface area contributed by atoms with Crippen molar-refractivity contribution in [2.45, 2.75) is 39.7 Å². The van der Waals surface area contributed by atoms with E-state index in [4.69, 9.17) is 5.11 Å². The maximum absolute atomic E-state index is 14.7. The van der Waals surface area contributed by atoms with Gasteiger partial charge in [0.25, 0.3) is 12.2 Å². The molecule has 0 aliphatic carbocycles. The lowest BCUT2D eigenvalue weighted by molar-refractivity contribution is 0.102. The Morgan fingerprint density at radius 2 is 1.81 bits per heavy atom. The van der Waals surface area contributed by atoms with Crippen LogP contribution in [0.1, 0.15) is 26.3 Å². The monoisotopic (exact) mass is 449 g/mol. The second-order valence-electron chi connectivity index (χ2n) is 8.23. The normalized spacial score (nSPS) is 11.7. The molecule has 0 aliphatic heterocycles. The zero-order chi connectivity index (χ0) is 23.6. The summed E-state index contributed by atoms with van der Waals surface area (Å²) in [5.41, 5.74) is 0.554. The predicted molar refractivity (Wildman–Crippen MR) is 114 cm³/mol. The van der Waals surface area contributed by atoms with Crippen LogP contribution < -0.4 is 4.90 Å². The summed E-state index contributed by atoms with van der Waals surface area (Å²) in [6, 6.07) is 8.23. The highest BCUT2D eigenvalue weighted by atomic mass is 19.3. The molecule has 0 saturated carbocycles. The molecule has 0 atom stereocenters. The van der Waals surface area contributed by atoms with Crippen LogP contribution in [0.4, 0.5) is 29.1 Å². The molecule has 0 radical (unpaired) electrons. The maximum Gasteiger partial charge on any atom is 0.257 e. The van der Waals surface area contributed by atoms with Gasteiger partial charge >= 0.3 is 0 Å². The average Bonchev–Trinajstić information content (AvgIpc) is 3.12. The minimum Gasteiger partial charge on any atom is -0.391 e. The predicted octanol–water partition coefficient (Wildman–Crippen LogP) is 5.04. The first kappa shape index (κ1) is 23.4. The molecule has 1 N–H and O–H groups in total. The Bertz CT molecular complexity index is 1210. The van der Waals surface area contributed by atoms with Gasteiger partial charge in [-0.15, -0.1) is 10.2 Å². The van der Waals surface area contributed by atoms with Gasteiger partial charge in [0.1, 0.15) is 23.8 Å². The smallest absolute Gasteiger partial charge is 0.257 e. The Balaban J connectivity index is 0.000000523. The number of anilines is 2. The number of hydrogen-bond acceptors (Lipinski definition) is 5. The zero-order valence-electron chi connectivity index (χ0n) is 18.0. The molecule has 0 unspecified atom stereocenters.